The SMILES string of the molecule is CN(Cc1ccncc1)S(=O)(=O)N1CCCC1. The van der Waals surface area contributed by atoms with Gasteiger partial charge >= 0.3 is 0 Å². The van der Waals surface area contributed by atoms with Gasteiger partial charge in [0, 0.05) is 39.1 Å². The van der Waals surface area contributed by atoms with Gasteiger partial charge in [-0.05, 0) is 30.5 Å². The molecular weight excluding hydrogens is 238 g/mol. The van der Waals surface area contributed by atoms with E-state index < -0.39 is 10.2 Å². The number of hydrogen-bond donors (Lipinski definition) is 0. The minimum atomic E-state index is -3.29. The molecule has 1 aromatic heterocycles. The van der Waals surface area contributed by atoms with Crippen LogP contribution >= 0.6 is 0 Å². The highest BCUT2D eigenvalue weighted by Gasteiger charge is 2.29. The van der Waals surface area contributed by atoms with Crippen LogP contribution in [0.1, 0.15) is 18.4 Å². The van der Waals surface area contributed by atoms with E-state index in [-0.39, 0.29) is 0 Å². The summed E-state index contributed by atoms with van der Waals surface area (Å²) >= 11 is 0. The van der Waals surface area contributed by atoms with Gasteiger partial charge in [-0.25, -0.2) is 0 Å². The molecule has 0 amide bonds. The first-order valence-corrected chi connectivity index (χ1v) is 7.11. The molecule has 1 fully saturated rings. The Morgan fingerprint density at radius 2 is 1.88 bits per heavy atom. The predicted octanol–water partition coefficient (Wildman–Crippen LogP) is 0.854. The third-order valence-electron chi connectivity index (χ3n) is 2.94. The lowest BCUT2D eigenvalue weighted by Gasteiger charge is -2.23. The van der Waals surface area contributed by atoms with Gasteiger partial charge < -0.3 is 0 Å². The van der Waals surface area contributed by atoms with E-state index in [4.69, 9.17) is 0 Å². The summed E-state index contributed by atoms with van der Waals surface area (Å²) in [5.41, 5.74) is 0.949. The minimum Gasteiger partial charge on any atom is -0.265 e. The summed E-state index contributed by atoms with van der Waals surface area (Å²) in [5, 5.41) is 0. The normalized spacial score (nSPS) is 17.8. The van der Waals surface area contributed by atoms with Crippen LogP contribution in [0.5, 0.6) is 0 Å². The molecule has 5 nitrogen and oxygen atoms in total. The van der Waals surface area contributed by atoms with Crippen molar-refractivity contribution in [2.24, 2.45) is 0 Å². The first kappa shape index (κ1) is 12.5. The Hall–Kier alpha value is -0.980. The summed E-state index contributed by atoms with van der Waals surface area (Å²) in [6.45, 7) is 1.67. The fraction of sp³-hybridized carbons (Fsp3) is 0.545. The van der Waals surface area contributed by atoms with Crippen molar-refractivity contribution in [1.29, 1.82) is 0 Å². The average Bonchev–Trinajstić information content (AvgIpc) is 2.84. The van der Waals surface area contributed by atoms with Gasteiger partial charge in [0.1, 0.15) is 0 Å². The van der Waals surface area contributed by atoms with Crippen LogP contribution in [0.25, 0.3) is 0 Å². The van der Waals surface area contributed by atoms with Gasteiger partial charge in [-0.3, -0.25) is 4.98 Å². The Kier molecular flexibility index (Phi) is 3.76. The summed E-state index contributed by atoms with van der Waals surface area (Å²) in [5.74, 6) is 0. The quantitative estimate of drug-likeness (QED) is 0.801. The molecule has 0 aliphatic carbocycles. The van der Waals surface area contributed by atoms with E-state index in [2.05, 4.69) is 4.98 Å². The summed E-state index contributed by atoms with van der Waals surface area (Å²) in [6, 6.07) is 3.66. The molecule has 17 heavy (non-hydrogen) atoms. The molecule has 1 aliphatic heterocycles. The van der Waals surface area contributed by atoms with Crippen molar-refractivity contribution >= 4 is 10.2 Å². The molecule has 0 N–H and O–H groups in total. The smallest absolute Gasteiger partial charge is 0.265 e. The number of nitrogens with zero attached hydrogens (tertiary/aromatic N) is 3. The summed E-state index contributed by atoms with van der Waals surface area (Å²) in [7, 11) is -1.67. The molecule has 94 valence electrons. The Balaban J connectivity index is 2.06. The summed E-state index contributed by atoms with van der Waals surface area (Å²) < 4.78 is 27.3. The van der Waals surface area contributed by atoms with Crippen LogP contribution < -0.4 is 0 Å². The van der Waals surface area contributed by atoms with Crippen LogP contribution in [-0.2, 0) is 16.8 Å². The van der Waals surface area contributed by atoms with Gasteiger partial charge in [-0.2, -0.15) is 17.0 Å². The predicted molar refractivity (Wildman–Crippen MR) is 65.4 cm³/mol. The lowest BCUT2D eigenvalue weighted by molar-refractivity contribution is 0.392. The molecule has 2 rings (SSSR count). The monoisotopic (exact) mass is 255 g/mol. The number of rotatable bonds is 4. The lowest BCUT2D eigenvalue weighted by Crippen LogP contribution is -2.39. The molecular formula is C11H17N3O2S. The maximum Gasteiger partial charge on any atom is 0.282 e. The first-order valence-electron chi connectivity index (χ1n) is 5.71. The highest BCUT2D eigenvalue weighted by atomic mass is 32.2. The molecule has 0 bridgehead atoms. The number of aromatic nitrogens is 1. The standard InChI is InChI=1S/C11H17N3O2S/c1-13(10-11-4-6-12-7-5-11)17(15,16)14-8-2-3-9-14/h4-7H,2-3,8-10H2,1H3. The molecule has 6 heteroatoms. The van der Waals surface area contributed by atoms with Crippen molar-refractivity contribution in [3.05, 3.63) is 30.1 Å². The second kappa shape index (κ2) is 5.12. The zero-order chi connectivity index (χ0) is 12.3. The molecule has 0 unspecified atom stereocenters. The van der Waals surface area contributed by atoms with Crippen LogP contribution in [-0.4, -0.2) is 42.1 Å². The molecule has 0 aromatic carbocycles. The van der Waals surface area contributed by atoms with Gasteiger partial charge in [0.05, 0.1) is 0 Å². The molecule has 0 spiro atoms. The van der Waals surface area contributed by atoms with Crippen molar-refractivity contribution in [2.75, 3.05) is 20.1 Å². The van der Waals surface area contributed by atoms with E-state index >= 15 is 0 Å². The maximum atomic E-state index is 12.2. The van der Waals surface area contributed by atoms with Crippen molar-refractivity contribution in [3.8, 4) is 0 Å². The Morgan fingerprint density at radius 3 is 2.47 bits per heavy atom. The second-order valence-corrected chi connectivity index (χ2v) is 6.26. The summed E-state index contributed by atoms with van der Waals surface area (Å²) in [4.78, 5) is 3.91. The molecule has 1 aliphatic rings. The fourth-order valence-corrected chi connectivity index (χ4v) is 3.37. The van der Waals surface area contributed by atoms with Crippen molar-refractivity contribution in [1.82, 2.24) is 13.6 Å². The van der Waals surface area contributed by atoms with Gasteiger partial charge in [0.2, 0.25) is 0 Å². The van der Waals surface area contributed by atoms with E-state index in [9.17, 15) is 8.42 Å². The fourth-order valence-electron chi connectivity index (χ4n) is 1.94. The molecule has 0 saturated carbocycles. The Bertz CT molecular complexity index is 455. The zero-order valence-corrected chi connectivity index (χ0v) is 10.7. The highest BCUT2D eigenvalue weighted by molar-refractivity contribution is 7.86. The van der Waals surface area contributed by atoms with E-state index in [1.165, 1.54) is 4.31 Å². The van der Waals surface area contributed by atoms with Crippen molar-refractivity contribution < 1.29 is 8.42 Å². The molecule has 0 radical (unpaired) electrons. The van der Waals surface area contributed by atoms with Gasteiger partial charge in [0.25, 0.3) is 10.2 Å². The van der Waals surface area contributed by atoms with E-state index in [0.29, 0.717) is 19.6 Å². The van der Waals surface area contributed by atoms with E-state index in [1.54, 1.807) is 23.7 Å². The van der Waals surface area contributed by atoms with Crippen LogP contribution in [0.3, 0.4) is 0 Å². The first-order chi connectivity index (χ1) is 8.10. The van der Waals surface area contributed by atoms with Crippen molar-refractivity contribution in [2.45, 2.75) is 19.4 Å². The van der Waals surface area contributed by atoms with Crippen LogP contribution in [0.4, 0.5) is 0 Å². The second-order valence-electron chi connectivity index (χ2n) is 4.23. The van der Waals surface area contributed by atoms with Crippen LogP contribution in [0.2, 0.25) is 0 Å². The van der Waals surface area contributed by atoms with Gasteiger partial charge in [-0.1, -0.05) is 0 Å². The summed E-state index contributed by atoms with van der Waals surface area (Å²) in [6.07, 6.45) is 5.27. The molecule has 2 heterocycles. The molecule has 1 aromatic rings. The average molecular weight is 255 g/mol. The largest absolute Gasteiger partial charge is 0.282 e. The van der Waals surface area contributed by atoms with Crippen molar-refractivity contribution in [3.63, 3.8) is 0 Å². The number of hydrogen-bond acceptors (Lipinski definition) is 3. The van der Waals surface area contributed by atoms with E-state index in [0.717, 1.165) is 18.4 Å². The number of pyridine rings is 1. The Morgan fingerprint density at radius 1 is 1.29 bits per heavy atom. The maximum absolute atomic E-state index is 12.2. The van der Waals surface area contributed by atoms with Crippen LogP contribution in [0, 0.1) is 0 Å². The minimum absolute atomic E-state index is 0.390. The van der Waals surface area contributed by atoms with Gasteiger partial charge in [-0.15, -0.1) is 0 Å². The Labute approximate surface area is 102 Å². The lowest BCUT2D eigenvalue weighted by atomic mass is 10.3. The topological polar surface area (TPSA) is 53.5 Å². The third kappa shape index (κ3) is 2.83. The molecule has 1 saturated heterocycles. The van der Waals surface area contributed by atoms with Gasteiger partial charge in [0.15, 0.2) is 0 Å². The third-order valence-corrected chi connectivity index (χ3v) is 4.87. The van der Waals surface area contributed by atoms with E-state index in [1.807, 2.05) is 12.1 Å². The zero-order valence-electron chi connectivity index (χ0n) is 9.91. The molecule has 0 atom stereocenters. The highest BCUT2D eigenvalue weighted by Crippen LogP contribution is 2.16. The van der Waals surface area contributed by atoms with Crippen LogP contribution in [0.15, 0.2) is 24.5 Å².